The first-order valence-electron chi connectivity index (χ1n) is 16.6. The quantitative estimate of drug-likeness (QED) is 0.0499. The van der Waals surface area contributed by atoms with Crippen LogP contribution in [0.1, 0.15) is 162 Å². The van der Waals surface area contributed by atoms with Crippen molar-refractivity contribution in [3.63, 3.8) is 0 Å². The first-order valence-corrected chi connectivity index (χ1v) is 16.6. The topological polar surface area (TPSA) is 110 Å². The van der Waals surface area contributed by atoms with Crippen LogP contribution in [0.3, 0.4) is 0 Å². The third-order valence-corrected chi connectivity index (χ3v) is 7.73. The van der Waals surface area contributed by atoms with Gasteiger partial charge in [-0.1, -0.05) is 135 Å². The van der Waals surface area contributed by atoms with Crippen molar-refractivity contribution in [2.75, 3.05) is 6.61 Å². The lowest BCUT2D eigenvalue weighted by Gasteiger charge is -2.27. The molecular formula is C33H65NO5. The van der Waals surface area contributed by atoms with E-state index in [0.29, 0.717) is 12.8 Å². The third-order valence-electron chi connectivity index (χ3n) is 7.73. The van der Waals surface area contributed by atoms with Crippen molar-refractivity contribution < 1.29 is 25.2 Å². The zero-order valence-corrected chi connectivity index (χ0v) is 25.6. The molecule has 5 N–H and O–H groups in total. The molecule has 0 aliphatic heterocycles. The number of aliphatic hydroxyl groups excluding tert-OH is 4. The minimum atomic E-state index is -1.27. The normalized spacial score (nSPS) is 14.9. The smallest absolute Gasteiger partial charge is 0.249 e. The molecule has 4 atom stereocenters. The number of carbonyl (C=O) groups is 1. The van der Waals surface area contributed by atoms with Crippen LogP contribution in [-0.2, 0) is 4.79 Å². The van der Waals surface area contributed by atoms with Gasteiger partial charge in [-0.05, 0) is 38.5 Å². The summed E-state index contributed by atoms with van der Waals surface area (Å²) in [6.07, 6.45) is 26.7. The Labute approximate surface area is 241 Å². The second-order valence-corrected chi connectivity index (χ2v) is 11.5. The van der Waals surface area contributed by atoms with Gasteiger partial charge in [-0.15, -0.1) is 0 Å². The monoisotopic (exact) mass is 555 g/mol. The lowest BCUT2D eigenvalue weighted by Crippen LogP contribution is -2.53. The number of amides is 1. The maximum absolute atomic E-state index is 12.4. The van der Waals surface area contributed by atoms with Gasteiger partial charge in [-0.2, -0.15) is 0 Å². The average molecular weight is 556 g/mol. The molecule has 4 unspecified atom stereocenters. The minimum absolute atomic E-state index is 0.367. The summed E-state index contributed by atoms with van der Waals surface area (Å²) >= 11 is 0. The highest BCUT2D eigenvalue weighted by atomic mass is 16.3. The predicted molar refractivity (Wildman–Crippen MR) is 164 cm³/mol. The number of hydrogen-bond acceptors (Lipinski definition) is 5. The number of carbonyl (C=O) groups excluding carboxylic acids is 1. The summed E-state index contributed by atoms with van der Waals surface area (Å²) in [6.45, 7) is 3.96. The van der Waals surface area contributed by atoms with Gasteiger partial charge in [0.1, 0.15) is 12.2 Å². The van der Waals surface area contributed by atoms with Crippen LogP contribution in [0.15, 0.2) is 12.2 Å². The molecule has 0 aromatic rings. The van der Waals surface area contributed by atoms with Gasteiger partial charge in [0.05, 0.1) is 18.8 Å². The van der Waals surface area contributed by atoms with Crippen LogP contribution in [0.2, 0.25) is 0 Å². The lowest BCUT2D eigenvalue weighted by molar-refractivity contribution is -0.132. The van der Waals surface area contributed by atoms with E-state index in [-0.39, 0.29) is 0 Å². The molecular weight excluding hydrogens is 490 g/mol. The van der Waals surface area contributed by atoms with Gasteiger partial charge in [0.15, 0.2) is 0 Å². The zero-order chi connectivity index (χ0) is 29.0. The van der Waals surface area contributed by atoms with Crippen LogP contribution in [0.4, 0.5) is 0 Å². The Hall–Kier alpha value is -0.950. The van der Waals surface area contributed by atoms with Gasteiger partial charge >= 0.3 is 0 Å². The van der Waals surface area contributed by atoms with E-state index in [2.05, 4.69) is 31.3 Å². The first-order chi connectivity index (χ1) is 19.0. The Balaban J connectivity index is 3.87. The predicted octanol–water partition coefficient (Wildman–Crippen LogP) is 7.11. The summed E-state index contributed by atoms with van der Waals surface area (Å²) in [7, 11) is 0. The van der Waals surface area contributed by atoms with Crippen LogP contribution in [0, 0.1) is 0 Å². The standard InChI is InChI=1S/C33H65NO5/c1-3-5-7-9-11-13-14-15-16-17-19-21-23-25-27-31(37)33(39)34-29(28-35)32(38)30(36)26-24-22-20-18-12-10-8-6-4-2/h18,20,29-32,35-38H,3-17,19,21-28H2,1-2H3,(H,34,39)/b20-18+. The highest BCUT2D eigenvalue weighted by Crippen LogP contribution is 2.14. The Morgan fingerprint density at radius 2 is 1.05 bits per heavy atom. The summed E-state index contributed by atoms with van der Waals surface area (Å²) in [4.78, 5) is 12.4. The summed E-state index contributed by atoms with van der Waals surface area (Å²) in [5.74, 6) is -0.596. The largest absolute Gasteiger partial charge is 0.394 e. The number of unbranched alkanes of at least 4 members (excludes halogenated alkanes) is 18. The van der Waals surface area contributed by atoms with Crippen molar-refractivity contribution >= 4 is 5.91 Å². The van der Waals surface area contributed by atoms with Crippen molar-refractivity contribution in [1.82, 2.24) is 5.32 Å². The van der Waals surface area contributed by atoms with Crippen molar-refractivity contribution in [3.05, 3.63) is 12.2 Å². The molecule has 0 aromatic carbocycles. The number of hydrogen-bond donors (Lipinski definition) is 5. The Bertz CT molecular complexity index is 556. The molecule has 0 bridgehead atoms. The van der Waals surface area contributed by atoms with E-state index in [4.69, 9.17) is 0 Å². The Morgan fingerprint density at radius 3 is 1.54 bits per heavy atom. The van der Waals surface area contributed by atoms with Gasteiger partial charge in [-0.25, -0.2) is 0 Å². The molecule has 0 aliphatic rings. The Morgan fingerprint density at radius 1 is 0.615 bits per heavy atom. The molecule has 0 fully saturated rings. The molecule has 0 aliphatic carbocycles. The second kappa shape index (κ2) is 28.6. The molecule has 0 rings (SSSR count). The highest BCUT2D eigenvalue weighted by molar-refractivity contribution is 5.80. The molecule has 6 heteroatoms. The minimum Gasteiger partial charge on any atom is -0.394 e. The first kappa shape index (κ1) is 38.0. The SMILES string of the molecule is CCCCCC/C=C/CCCC(O)C(O)C(CO)NC(=O)C(O)CCCCCCCCCCCCCCCC. The van der Waals surface area contributed by atoms with Gasteiger partial charge in [0, 0.05) is 0 Å². The van der Waals surface area contributed by atoms with E-state index in [1.165, 1.54) is 96.3 Å². The maximum Gasteiger partial charge on any atom is 0.249 e. The maximum atomic E-state index is 12.4. The number of nitrogens with one attached hydrogen (secondary N) is 1. The molecule has 0 heterocycles. The number of aliphatic hydroxyl groups is 4. The van der Waals surface area contributed by atoms with Crippen LogP contribution < -0.4 is 5.32 Å². The second-order valence-electron chi connectivity index (χ2n) is 11.5. The van der Waals surface area contributed by atoms with E-state index in [0.717, 1.165) is 38.5 Å². The fourth-order valence-corrected chi connectivity index (χ4v) is 4.99. The van der Waals surface area contributed by atoms with E-state index < -0.39 is 36.9 Å². The van der Waals surface area contributed by atoms with Gasteiger partial charge in [-0.3, -0.25) is 4.79 Å². The number of allylic oxidation sites excluding steroid dienone is 2. The molecule has 0 spiro atoms. The van der Waals surface area contributed by atoms with Crippen molar-refractivity contribution in [2.24, 2.45) is 0 Å². The summed E-state index contributed by atoms with van der Waals surface area (Å²) in [6, 6.07) is -0.993. The highest BCUT2D eigenvalue weighted by Gasteiger charge is 2.28. The van der Waals surface area contributed by atoms with E-state index in [1.54, 1.807) is 0 Å². The average Bonchev–Trinajstić information content (AvgIpc) is 2.94. The van der Waals surface area contributed by atoms with Crippen LogP contribution in [-0.4, -0.2) is 57.3 Å². The summed E-state index contributed by atoms with van der Waals surface area (Å²) in [5.41, 5.74) is 0. The molecule has 0 aromatic heterocycles. The fourth-order valence-electron chi connectivity index (χ4n) is 4.99. The summed E-state index contributed by atoms with van der Waals surface area (Å²) in [5, 5.41) is 43.1. The Kier molecular flexibility index (Phi) is 27.9. The molecule has 39 heavy (non-hydrogen) atoms. The molecule has 1 amide bonds. The van der Waals surface area contributed by atoms with E-state index in [1.807, 2.05) is 0 Å². The summed E-state index contributed by atoms with van der Waals surface area (Å²) < 4.78 is 0. The third kappa shape index (κ3) is 23.5. The van der Waals surface area contributed by atoms with Gasteiger partial charge < -0.3 is 25.7 Å². The van der Waals surface area contributed by atoms with E-state index >= 15 is 0 Å². The lowest BCUT2D eigenvalue weighted by atomic mass is 10.00. The zero-order valence-electron chi connectivity index (χ0n) is 25.6. The van der Waals surface area contributed by atoms with Crippen LogP contribution in [0.25, 0.3) is 0 Å². The van der Waals surface area contributed by atoms with Gasteiger partial charge in [0.25, 0.3) is 0 Å². The molecule has 0 saturated carbocycles. The van der Waals surface area contributed by atoms with Crippen molar-refractivity contribution in [2.45, 2.75) is 186 Å². The molecule has 232 valence electrons. The van der Waals surface area contributed by atoms with Crippen LogP contribution >= 0.6 is 0 Å². The molecule has 0 radical (unpaired) electrons. The fraction of sp³-hybridized carbons (Fsp3) is 0.909. The van der Waals surface area contributed by atoms with Crippen LogP contribution in [0.5, 0.6) is 0 Å². The van der Waals surface area contributed by atoms with Crippen molar-refractivity contribution in [3.8, 4) is 0 Å². The molecule has 6 nitrogen and oxygen atoms in total. The molecule has 0 saturated heterocycles. The van der Waals surface area contributed by atoms with E-state index in [9.17, 15) is 25.2 Å². The number of rotatable bonds is 29. The van der Waals surface area contributed by atoms with Gasteiger partial charge in [0.2, 0.25) is 5.91 Å². The van der Waals surface area contributed by atoms with Crippen molar-refractivity contribution in [1.29, 1.82) is 0 Å².